The van der Waals surface area contributed by atoms with Gasteiger partial charge in [-0.2, -0.15) is 0 Å². The third-order valence-corrected chi connectivity index (χ3v) is 3.23. The Morgan fingerprint density at radius 3 is 2.83 bits per heavy atom. The maximum atomic E-state index is 10.6. The molecule has 0 saturated heterocycles. The first-order valence-electron chi connectivity index (χ1n) is 4.98. The molecule has 0 aliphatic heterocycles. The van der Waals surface area contributed by atoms with E-state index in [4.69, 9.17) is 11.6 Å². The van der Waals surface area contributed by atoms with E-state index < -0.39 is 4.92 Å². The van der Waals surface area contributed by atoms with Crippen molar-refractivity contribution >= 4 is 33.2 Å². The molecular weight excluding hydrogens is 323 g/mol. The number of benzene rings is 1. The van der Waals surface area contributed by atoms with Crippen molar-refractivity contribution < 1.29 is 4.92 Å². The number of hydrogen-bond acceptors (Lipinski definition) is 4. The van der Waals surface area contributed by atoms with Gasteiger partial charge in [0.2, 0.25) is 0 Å². The van der Waals surface area contributed by atoms with Crippen LogP contribution >= 0.6 is 27.5 Å². The lowest BCUT2D eigenvalue weighted by molar-refractivity contribution is -0.384. The second kappa shape index (κ2) is 5.45. The molecule has 2 aromatic rings. The van der Waals surface area contributed by atoms with Crippen LogP contribution in [0.1, 0.15) is 11.3 Å². The van der Waals surface area contributed by atoms with Gasteiger partial charge in [0.15, 0.2) is 0 Å². The average Bonchev–Trinajstić information content (AvgIpc) is 2.79. The van der Waals surface area contributed by atoms with Gasteiger partial charge in [-0.15, -0.1) is 5.10 Å². The average molecular weight is 332 g/mol. The van der Waals surface area contributed by atoms with E-state index in [-0.39, 0.29) is 5.69 Å². The van der Waals surface area contributed by atoms with Gasteiger partial charge in [0.1, 0.15) is 0 Å². The van der Waals surface area contributed by atoms with Crippen molar-refractivity contribution in [2.45, 2.75) is 11.9 Å². The Kier molecular flexibility index (Phi) is 3.93. The van der Waals surface area contributed by atoms with Crippen molar-refractivity contribution in [1.29, 1.82) is 0 Å². The Bertz CT molecular complexity index is 587. The highest BCUT2D eigenvalue weighted by Gasteiger charge is 2.10. The fraction of sp³-hybridized carbons (Fsp3) is 0.200. The first-order valence-corrected chi connectivity index (χ1v) is 6.48. The first kappa shape index (κ1) is 13.0. The third kappa shape index (κ3) is 2.85. The number of nitrogens with zero attached hydrogens (tertiary/aromatic N) is 4. The summed E-state index contributed by atoms with van der Waals surface area (Å²) in [7, 11) is 0. The second-order valence-corrected chi connectivity index (χ2v) is 4.54. The molecule has 0 aliphatic rings. The molecule has 0 radical (unpaired) electrons. The summed E-state index contributed by atoms with van der Waals surface area (Å²) in [6.45, 7) is 0.427. The van der Waals surface area contributed by atoms with Crippen LogP contribution in [0.2, 0.25) is 5.02 Å². The number of alkyl halides is 1. The Hall–Kier alpha value is -1.47. The summed E-state index contributed by atoms with van der Waals surface area (Å²) in [5, 5.41) is 19.4. The highest BCUT2D eigenvalue weighted by Crippen LogP contribution is 2.23. The minimum Gasteiger partial charge on any atom is -0.258 e. The fourth-order valence-corrected chi connectivity index (χ4v) is 1.92. The van der Waals surface area contributed by atoms with Crippen molar-refractivity contribution in [3.8, 4) is 0 Å². The van der Waals surface area contributed by atoms with Gasteiger partial charge in [-0.25, -0.2) is 4.68 Å². The molecule has 6 nitrogen and oxygen atoms in total. The number of nitro groups is 1. The maximum absolute atomic E-state index is 10.6. The number of hydrogen-bond donors (Lipinski definition) is 0. The molecule has 0 atom stereocenters. The van der Waals surface area contributed by atoms with Crippen LogP contribution in [0.15, 0.2) is 24.4 Å². The SMILES string of the molecule is O=[N+]([O-])c1ccc(Cn2cc(CBr)nn2)c(Cl)c1. The van der Waals surface area contributed by atoms with Crippen LogP contribution in [0.3, 0.4) is 0 Å². The van der Waals surface area contributed by atoms with Gasteiger partial charge in [0.05, 0.1) is 22.2 Å². The van der Waals surface area contributed by atoms with Gasteiger partial charge in [0.25, 0.3) is 5.69 Å². The van der Waals surface area contributed by atoms with Crippen LogP contribution in [0, 0.1) is 10.1 Å². The van der Waals surface area contributed by atoms with Crippen molar-refractivity contribution in [1.82, 2.24) is 15.0 Å². The van der Waals surface area contributed by atoms with Crippen molar-refractivity contribution in [2.75, 3.05) is 0 Å². The summed E-state index contributed by atoms with van der Waals surface area (Å²) < 4.78 is 1.63. The van der Waals surface area contributed by atoms with Gasteiger partial charge >= 0.3 is 0 Å². The molecule has 0 saturated carbocycles. The van der Waals surface area contributed by atoms with Crippen LogP contribution < -0.4 is 0 Å². The zero-order chi connectivity index (χ0) is 13.1. The summed E-state index contributed by atoms with van der Waals surface area (Å²) in [5.41, 5.74) is 1.55. The highest BCUT2D eigenvalue weighted by molar-refractivity contribution is 9.08. The predicted molar refractivity (Wildman–Crippen MR) is 69.9 cm³/mol. The Labute approximate surface area is 116 Å². The van der Waals surface area contributed by atoms with Gasteiger partial charge in [-0.1, -0.05) is 32.7 Å². The maximum Gasteiger partial charge on any atom is 0.270 e. The third-order valence-electron chi connectivity index (χ3n) is 2.30. The molecule has 0 amide bonds. The quantitative estimate of drug-likeness (QED) is 0.490. The Morgan fingerprint density at radius 1 is 1.50 bits per heavy atom. The van der Waals surface area contributed by atoms with Crippen LogP contribution in [0.4, 0.5) is 5.69 Å². The number of non-ortho nitro benzene ring substituents is 1. The molecule has 0 aliphatic carbocycles. The minimum absolute atomic E-state index is 0.0245. The largest absolute Gasteiger partial charge is 0.270 e. The highest BCUT2D eigenvalue weighted by atomic mass is 79.9. The topological polar surface area (TPSA) is 73.8 Å². The summed E-state index contributed by atoms with van der Waals surface area (Å²) in [6, 6.07) is 4.37. The molecule has 0 bridgehead atoms. The Morgan fingerprint density at radius 2 is 2.28 bits per heavy atom. The second-order valence-electron chi connectivity index (χ2n) is 3.57. The molecule has 18 heavy (non-hydrogen) atoms. The van der Waals surface area contributed by atoms with E-state index in [1.54, 1.807) is 16.9 Å². The number of nitro benzene ring substituents is 1. The summed E-state index contributed by atoms with van der Waals surface area (Å²) >= 11 is 9.27. The van der Waals surface area contributed by atoms with Gasteiger partial charge in [-0.3, -0.25) is 10.1 Å². The lowest BCUT2D eigenvalue weighted by Crippen LogP contribution is -2.01. The van der Waals surface area contributed by atoms with E-state index >= 15 is 0 Å². The fourth-order valence-electron chi connectivity index (χ4n) is 1.43. The van der Waals surface area contributed by atoms with Crippen molar-refractivity contribution in [3.63, 3.8) is 0 Å². The van der Waals surface area contributed by atoms with E-state index in [1.807, 2.05) is 0 Å². The van der Waals surface area contributed by atoms with Crippen LogP contribution in [-0.4, -0.2) is 19.9 Å². The van der Waals surface area contributed by atoms with E-state index in [0.717, 1.165) is 11.3 Å². The molecule has 0 fully saturated rings. The predicted octanol–water partition coefficient (Wildman–Crippen LogP) is 2.78. The molecule has 1 aromatic heterocycles. The molecule has 8 heteroatoms. The van der Waals surface area contributed by atoms with E-state index in [1.165, 1.54) is 12.1 Å². The molecular formula is C10H8BrClN4O2. The molecule has 94 valence electrons. The summed E-state index contributed by atoms with van der Waals surface area (Å²) in [6.07, 6.45) is 1.78. The smallest absolute Gasteiger partial charge is 0.258 e. The van der Waals surface area contributed by atoms with Crippen LogP contribution in [0.25, 0.3) is 0 Å². The van der Waals surface area contributed by atoms with Gasteiger partial charge in [-0.05, 0) is 11.6 Å². The number of halogens is 2. The molecule has 0 N–H and O–H groups in total. The van der Waals surface area contributed by atoms with E-state index in [0.29, 0.717) is 16.9 Å². The first-order chi connectivity index (χ1) is 8.60. The van der Waals surface area contributed by atoms with Gasteiger partial charge in [0, 0.05) is 23.7 Å². The van der Waals surface area contributed by atoms with E-state index in [9.17, 15) is 10.1 Å². The van der Waals surface area contributed by atoms with E-state index in [2.05, 4.69) is 26.2 Å². The summed E-state index contributed by atoms with van der Waals surface area (Å²) in [5.74, 6) is 0. The molecule has 1 heterocycles. The molecule has 1 aromatic carbocycles. The number of aromatic nitrogens is 3. The lowest BCUT2D eigenvalue weighted by atomic mass is 10.2. The standard InChI is InChI=1S/C10H8BrClN4O2/c11-4-8-6-15(14-13-8)5-7-1-2-9(16(17)18)3-10(7)12/h1-3,6H,4-5H2. The molecule has 0 spiro atoms. The monoisotopic (exact) mass is 330 g/mol. The summed E-state index contributed by atoms with van der Waals surface area (Å²) in [4.78, 5) is 10.1. The molecule has 0 unspecified atom stereocenters. The zero-order valence-electron chi connectivity index (χ0n) is 9.08. The number of rotatable bonds is 4. The minimum atomic E-state index is -0.478. The van der Waals surface area contributed by atoms with Crippen molar-refractivity contribution in [3.05, 3.63) is 50.8 Å². The van der Waals surface area contributed by atoms with Crippen LogP contribution in [0.5, 0.6) is 0 Å². The lowest BCUT2D eigenvalue weighted by Gasteiger charge is -2.03. The van der Waals surface area contributed by atoms with Gasteiger partial charge < -0.3 is 0 Å². The molecule has 2 rings (SSSR count). The normalized spacial score (nSPS) is 10.6. The van der Waals surface area contributed by atoms with Crippen LogP contribution in [-0.2, 0) is 11.9 Å². The zero-order valence-corrected chi connectivity index (χ0v) is 11.4. The van der Waals surface area contributed by atoms with Crippen molar-refractivity contribution in [2.24, 2.45) is 0 Å². The Balaban J connectivity index is 2.21.